The van der Waals surface area contributed by atoms with Crippen molar-refractivity contribution in [1.29, 1.82) is 0 Å². The Labute approximate surface area is 213 Å². The standard InChI is InChI=1S/C26H25Cl2N3O4/c1-29-14-20(26(33)34)24(35-15-17-7-8-21(27)22(28)9-17)23(29)25(32)31-13-18-10-19(31)12-30(18)11-16-5-3-2-4-6-16/h2-9,14,18-19H,10-13,15H2,1H3,(H,33,34). The van der Waals surface area contributed by atoms with Crippen molar-refractivity contribution >= 4 is 35.1 Å². The number of hydrogen-bond acceptors (Lipinski definition) is 4. The summed E-state index contributed by atoms with van der Waals surface area (Å²) >= 11 is 12.1. The number of aromatic nitrogens is 1. The van der Waals surface area contributed by atoms with E-state index < -0.39 is 5.97 Å². The number of benzene rings is 2. The second-order valence-electron chi connectivity index (χ2n) is 9.09. The Morgan fingerprint density at radius 1 is 1.03 bits per heavy atom. The third kappa shape index (κ3) is 4.63. The number of carbonyl (C=O) groups excluding carboxylic acids is 1. The summed E-state index contributed by atoms with van der Waals surface area (Å²) in [5.74, 6) is -1.29. The molecule has 3 heterocycles. The van der Waals surface area contributed by atoms with Gasteiger partial charge in [0.25, 0.3) is 5.91 Å². The van der Waals surface area contributed by atoms with E-state index in [1.807, 2.05) is 23.1 Å². The van der Waals surface area contributed by atoms with Crippen LogP contribution in [0.3, 0.4) is 0 Å². The lowest BCUT2D eigenvalue weighted by Gasteiger charge is -2.34. The van der Waals surface area contributed by atoms with Gasteiger partial charge in [-0.3, -0.25) is 9.69 Å². The summed E-state index contributed by atoms with van der Waals surface area (Å²) in [6.45, 7) is 2.31. The lowest BCUT2D eigenvalue weighted by molar-refractivity contribution is 0.0602. The number of nitrogens with zero attached hydrogens (tertiary/aromatic N) is 3. The summed E-state index contributed by atoms with van der Waals surface area (Å²) in [5, 5.41) is 10.5. The number of aryl methyl sites for hydroxylation is 1. The van der Waals surface area contributed by atoms with Crippen LogP contribution in [0.2, 0.25) is 10.0 Å². The second kappa shape index (κ2) is 9.57. The maximum absolute atomic E-state index is 13.7. The van der Waals surface area contributed by atoms with Crippen LogP contribution in [0.25, 0.3) is 0 Å². The number of carboxylic acids is 1. The number of piperazine rings is 1. The summed E-state index contributed by atoms with van der Waals surface area (Å²) in [5.41, 5.74) is 2.16. The summed E-state index contributed by atoms with van der Waals surface area (Å²) in [6.07, 6.45) is 2.34. The SMILES string of the molecule is Cn1cc(C(=O)O)c(OCc2ccc(Cl)c(Cl)c2)c1C(=O)N1CC2CC1CN2Cc1ccccc1. The minimum atomic E-state index is -1.15. The molecule has 0 spiro atoms. The van der Waals surface area contributed by atoms with E-state index in [0.29, 0.717) is 16.6 Å². The lowest BCUT2D eigenvalue weighted by Crippen LogP contribution is -2.48. The Kier molecular flexibility index (Phi) is 6.49. The van der Waals surface area contributed by atoms with Crippen molar-refractivity contribution in [1.82, 2.24) is 14.4 Å². The van der Waals surface area contributed by atoms with Gasteiger partial charge in [-0.25, -0.2) is 4.79 Å². The molecule has 2 atom stereocenters. The number of hydrogen-bond donors (Lipinski definition) is 1. The molecule has 0 aliphatic carbocycles. The van der Waals surface area contributed by atoms with Gasteiger partial charge in [0.1, 0.15) is 12.2 Å². The first-order chi connectivity index (χ1) is 16.8. The summed E-state index contributed by atoms with van der Waals surface area (Å²) in [7, 11) is 1.67. The smallest absolute Gasteiger partial charge is 0.341 e. The number of ether oxygens (including phenoxy) is 1. The van der Waals surface area contributed by atoms with Crippen LogP contribution in [0.1, 0.15) is 38.4 Å². The predicted octanol–water partition coefficient (Wildman–Crippen LogP) is 4.71. The molecule has 35 heavy (non-hydrogen) atoms. The third-order valence-electron chi connectivity index (χ3n) is 6.78. The average Bonchev–Trinajstić information content (AvgIpc) is 3.52. The zero-order valence-electron chi connectivity index (χ0n) is 19.2. The Balaban J connectivity index is 1.34. The number of halogens is 2. The highest BCUT2D eigenvalue weighted by Gasteiger charge is 2.46. The maximum Gasteiger partial charge on any atom is 0.341 e. The van der Waals surface area contributed by atoms with E-state index in [1.165, 1.54) is 11.8 Å². The average molecular weight is 514 g/mol. The number of carboxylic acid groups (broad SMARTS) is 1. The molecule has 5 rings (SSSR count). The molecular weight excluding hydrogens is 489 g/mol. The molecule has 182 valence electrons. The molecule has 9 heteroatoms. The highest BCUT2D eigenvalue weighted by atomic mass is 35.5. The highest BCUT2D eigenvalue weighted by molar-refractivity contribution is 6.42. The number of carbonyl (C=O) groups is 2. The van der Waals surface area contributed by atoms with Crippen LogP contribution in [0.4, 0.5) is 0 Å². The van der Waals surface area contributed by atoms with Crippen molar-refractivity contribution in [2.75, 3.05) is 13.1 Å². The Bertz CT molecular complexity index is 1280. The monoisotopic (exact) mass is 513 g/mol. The predicted molar refractivity (Wildman–Crippen MR) is 133 cm³/mol. The number of amides is 1. The van der Waals surface area contributed by atoms with Crippen molar-refractivity contribution in [2.24, 2.45) is 7.05 Å². The molecule has 2 unspecified atom stereocenters. The van der Waals surface area contributed by atoms with E-state index >= 15 is 0 Å². The van der Waals surface area contributed by atoms with Gasteiger partial charge in [-0.2, -0.15) is 0 Å². The number of fused-ring (bicyclic) bond motifs is 2. The van der Waals surface area contributed by atoms with Gasteiger partial charge in [-0.15, -0.1) is 0 Å². The largest absolute Gasteiger partial charge is 0.486 e. The highest BCUT2D eigenvalue weighted by Crippen LogP contribution is 2.36. The number of likely N-dealkylation sites (tertiary alicyclic amines) is 2. The van der Waals surface area contributed by atoms with Crippen molar-refractivity contribution < 1.29 is 19.4 Å². The van der Waals surface area contributed by atoms with Gasteiger partial charge in [0.05, 0.1) is 10.0 Å². The van der Waals surface area contributed by atoms with E-state index in [0.717, 1.165) is 25.1 Å². The molecular formula is C26H25Cl2N3O4. The molecule has 0 radical (unpaired) electrons. The van der Waals surface area contributed by atoms with Crippen molar-refractivity contribution in [3.05, 3.63) is 87.2 Å². The fourth-order valence-corrected chi connectivity index (χ4v) is 5.40. The molecule has 2 aromatic carbocycles. The molecule has 3 aromatic rings. The maximum atomic E-state index is 13.7. The van der Waals surface area contributed by atoms with Crippen LogP contribution in [0.15, 0.2) is 54.7 Å². The summed E-state index contributed by atoms with van der Waals surface area (Å²) < 4.78 is 7.48. The fraction of sp³-hybridized carbons (Fsp3) is 0.308. The molecule has 2 fully saturated rings. The van der Waals surface area contributed by atoms with Gasteiger partial charge < -0.3 is 19.3 Å². The molecule has 1 aromatic heterocycles. The first kappa shape index (κ1) is 23.7. The first-order valence-electron chi connectivity index (χ1n) is 11.4. The minimum absolute atomic E-state index is 0.0500. The summed E-state index contributed by atoms with van der Waals surface area (Å²) in [4.78, 5) is 29.9. The van der Waals surface area contributed by atoms with Crippen LogP contribution in [-0.2, 0) is 20.2 Å². The molecule has 2 saturated heterocycles. The fourth-order valence-electron chi connectivity index (χ4n) is 5.08. The molecule has 7 nitrogen and oxygen atoms in total. The third-order valence-corrected chi connectivity index (χ3v) is 7.52. The minimum Gasteiger partial charge on any atom is -0.486 e. The molecule has 1 N–H and O–H groups in total. The second-order valence-corrected chi connectivity index (χ2v) is 9.90. The van der Waals surface area contributed by atoms with Crippen molar-refractivity contribution in [3.63, 3.8) is 0 Å². The van der Waals surface area contributed by atoms with Crippen molar-refractivity contribution in [3.8, 4) is 5.75 Å². The van der Waals surface area contributed by atoms with E-state index in [9.17, 15) is 14.7 Å². The van der Waals surface area contributed by atoms with E-state index in [1.54, 1.807) is 29.8 Å². The molecule has 0 saturated carbocycles. The van der Waals surface area contributed by atoms with E-state index in [4.69, 9.17) is 27.9 Å². The normalized spacial score (nSPS) is 19.3. The van der Waals surface area contributed by atoms with E-state index in [2.05, 4.69) is 17.0 Å². The Morgan fingerprint density at radius 2 is 1.80 bits per heavy atom. The van der Waals surface area contributed by atoms with Crippen LogP contribution in [-0.4, -0.2) is 56.5 Å². The van der Waals surface area contributed by atoms with Gasteiger partial charge in [0.2, 0.25) is 0 Å². The molecule has 1 amide bonds. The molecule has 2 aliphatic heterocycles. The van der Waals surface area contributed by atoms with Gasteiger partial charge in [-0.05, 0) is 29.7 Å². The zero-order chi connectivity index (χ0) is 24.7. The van der Waals surface area contributed by atoms with Crippen molar-refractivity contribution in [2.45, 2.75) is 31.7 Å². The first-order valence-corrected chi connectivity index (χ1v) is 12.2. The molecule has 2 aliphatic rings. The Hall–Kier alpha value is -3.00. The van der Waals surface area contributed by atoms with Crippen LogP contribution < -0.4 is 4.74 Å². The van der Waals surface area contributed by atoms with E-state index in [-0.39, 0.29) is 41.6 Å². The molecule has 2 bridgehead atoms. The van der Waals surface area contributed by atoms with Gasteiger partial charge in [-0.1, -0.05) is 59.6 Å². The number of rotatable bonds is 7. The lowest BCUT2D eigenvalue weighted by atomic mass is 10.2. The summed E-state index contributed by atoms with van der Waals surface area (Å²) in [6, 6.07) is 15.7. The number of aromatic carboxylic acids is 1. The van der Waals surface area contributed by atoms with Gasteiger partial charge in [0.15, 0.2) is 11.4 Å². The quantitative estimate of drug-likeness (QED) is 0.495. The van der Waals surface area contributed by atoms with Crippen LogP contribution in [0.5, 0.6) is 5.75 Å². The topological polar surface area (TPSA) is 75.0 Å². The van der Waals surface area contributed by atoms with Crippen LogP contribution in [0, 0.1) is 0 Å². The van der Waals surface area contributed by atoms with Gasteiger partial charge >= 0.3 is 5.97 Å². The van der Waals surface area contributed by atoms with Crippen LogP contribution >= 0.6 is 23.2 Å². The zero-order valence-corrected chi connectivity index (χ0v) is 20.7. The Morgan fingerprint density at radius 3 is 2.46 bits per heavy atom. The van der Waals surface area contributed by atoms with Gasteiger partial charge in [0, 0.05) is 45.0 Å².